The van der Waals surface area contributed by atoms with E-state index >= 15 is 0 Å². The van der Waals surface area contributed by atoms with Crippen molar-refractivity contribution < 1.29 is 13.9 Å². The second-order valence-corrected chi connectivity index (χ2v) is 4.47. The molecule has 0 unspecified atom stereocenters. The predicted molar refractivity (Wildman–Crippen MR) is 67.4 cm³/mol. The first-order valence-corrected chi connectivity index (χ1v) is 6.05. The van der Waals surface area contributed by atoms with Crippen molar-refractivity contribution in [3.8, 4) is 11.3 Å². The Balaban J connectivity index is 2.13. The Morgan fingerprint density at radius 1 is 1.44 bits per heavy atom. The lowest BCUT2D eigenvalue weighted by atomic mass is 10.1. The normalized spacial score (nSPS) is 10.3. The molecule has 1 aromatic carbocycles. The molecule has 0 saturated carbocycles. The van der Waals surface area contributed by atoms with Crippen molar-refractivity contribution in [1.29, 1.82) is 0 Å². The summed E-state index contributed by atoms with van der Waals surface area (Å²) in [6, 6.07) is 6.57. The number of benzene rings is 1. The average molecular weight is 313 g/mol. The minimum Gasteiger partial charge on any atom is -0.467 e. The fourth-order valence-electron chi connectivity index (χ4n) is 1.51. The van der Waals surface area contributed by atoms with E-state index in [-0.39, 0.29) is 5.82 Å². The number of aromatic nitrogens is 2. The highest BCUT2D eigenvalue weighted by Crippen LogP contribution is 2.24. The minimum atomic E-state index is -0.308. The molecule has 2 rings (SSSR count). The molecule has 0 saturated heterocycles. The highest BCUT2D eigenvalue weighted by molar-refractivity contribution is 9.10. The van der Waals surface area contributed by atoms with Gasteiger partial charge in [-0.25, -0.2) is 4.39 Å². The standard InChI is InChI=1S/C12H10BrFN2O2/c13-10-5-8(1-2-11(10)14)12-6-9(15-16-12)3-4-18-7-17/h1-2,5-7H,3-4H2,(H,15,16). The Kier molecular flexibility index (Phi) is 4.09. The van der Waals surface area contributed by atoms with Crippen LogP contribution in [0, 0.1) is 5.82 Å². The number of hydrogen-bond donors (Lipinski definition) is 1. The Morgan fingerprint density at radius 2 is 2.28 bits per heavy atom. The van der Waals surface area contributed by atoms with Gasteiger partial charge in [0.15, 0.2) is 0 Å². The zero-order valence-corrected chi connectivity index (χ0v) is 10.9. The van der Waals surface area contributed by atoms with Gasteiger partial charge < -0.3 is 4.74 Å². The van der Waals surface area contributed by atoms with Gasteiger partial charge in [-0.05, 0) is 40.2 Å². The largest absolute Gasteiger partial charge is 0.467 e. The van der Waals surface area contributed by atoms with Crippen LogP contribution in [0.4, 0.5) is 4.39 Å². The van der Waals surface area contributed by atoms with Crippen molar-refractivity contribution in [2.45, 2.75) is 6.42 Å². The van der Waals surface area contributed by atoms with Gasteiger partial charge >= 0.3 is 0 Å². The highest BCUT2D eigenvalue weighted by atomic mass is 79.9. The number of hydrogen-bond acceptors (Lipinski definition) is 3. The molecule has 0 fully saturated rings. The molecule has 6 heteroatoms. The number of aromatic amines is 1. The topological polar surface area (TPSA) is 55.0 Å². The van der Waals surface area contributed by atoms with E-state index in [4.69, 9.17) is 0 Å². The van der Waals surface area contributed by atoms with Crippen molar-refractivity contribution in [3.63, 3.8) is 0 Å². The molecule has 2 aromatic rings. The molecule has 0 spiro atoms. The number of halogens is 2. The first kappa shape index (κ1) is 12.8. The maximum Gasteiger partial charge on any atom is 0.293 e. The molecule has 0 bridgehead atoms. The lowest BCUT2D eigenvalue weighted by molar-refractivity contribution is -0.128. The zero-order chi connectivity index (χ0) is 13.0. The van der Waals surface area contributed by atoms with E-state index in [2.05, 4.69) is 30.9 Å². The number of nitrogens with zero attached hydrogens (tertiary/aromatic N) is 1. The molecule has 94 valence electrons. The van der Waals surface area contributed by atoms with Gasteiger partial charge in [0.1, 0.15) is 5.82 Å². The monoisotopic (exact) mass is 312 g/mol. The van der Waals surface area contributed by atoms with Crippen LogP contribution in [-0.4, -0.2) is 23.3 Å². The summed E-state index contributed by atoms with van der Waals surface area (Å²) in [4.78, 5) is 10.00. The number of rotatable bonds is 5. The lowest BCUT2D eigenvalue weighted by Gasteiger charge is -1.99. The Bertz CT molecular complexity index is 557. The van der Waals surface area contributed by atoms with Crippen LogP contribution in [0.5, 0.6) is 0 Å². The summed E-state index contributed by atoms with van der Waals surface area (Å²) >= 11 is 3.13. The first-order chi connectivity index (χ1) is 8.70. The zero-order valence-electron chi connectivity index (χ0n) is 9.32. The van der Waals surface area contributed by atoms with Gasteiger partial charge in [0, 0.05) is 12.0 Å². The van der Waals surface area contributed by atoms with Gasteiger partial charge in [0.2, 0.25) is 0 Å². The molecule has 0 atom stereocenters. The molecule has 4 nitrogen and oxygen atoms in total. The Hall–Kier alpha value is -1.69. The third-order valence-electron chi connectivity index (χ3n) is 2.41. The average Bonchev–Trinajstić information content (AvgIpc) is 2.82. The molecule has 0 radical (unpaired) electrons. The fraction of sp³-hybridized carbons (Fsp3) is 0.167. The van der Waals surface area contributed by atoms with Crippen molar-refractivity contribution in [1.82, 2.24) is 10.2 Å². The molecule has 1 heterocycles. The van der Waals surface area contributed by atoms with E-state index < -0.39 is 0 Å². The number of nitrogens with one attached hydrogen (secondary N) is 1. The predicted octanol–water partition coefficient (Wildman–Crippen LogP) is 2.69. The van der Waals surface area contributed by atoms with Gasteiger partial charge in [-0.3, -0.25) is 9.89 Å². The molecule has 0 aliphatic carbocycles. The molecular formula is C12H10BrFN2O2. The molecule has 18 heavy (non-hydrogen) atoms. The Morgan fingerprint density at radius 3 is 3.00 bits per heavy atom. The minimum absolute atomic E-state index is 0.293. The summed E-state index contributed by atoms with van der Waals surface area (Å²) in [7, 11) is 0. The van der Waals surface area contributed by atoms with Gasteiger partial charge in [0.25, 0.3) is 6.47 Å². The third kappa shape index (κ3) is 2.95. The number of carbonyl (C=O) groups is 1. The quantitative estimate of drug-likeness (QED) is 0.682. The van der Waals surface area contributed by atoms with Crippen LogP contribution in [0.15, 0.2) is 28.7 Å². The SMILES string of the molecule is O=COCCc1cc(-c2ccc(F)c(Br)c2)[nH]n1. The number of carbonyl (C=O) groups excluding carboxylic acids is 1. The molecule has 0 aliphatic rings. The fourth-order valence-corrected chi connectivity index (χ4v) is 1.89. The van der Waals surface area contributed by atoms with Crippen LogP contribution in [0.1, 0.15) is 5.69 Å². The van der Waals surface area contributed by atoms with Crippen LogP contribution in [0.3, 0.4) is 0 Å². The molecule has 0 amide bonds. The summed E-state index contributed by atoms with van der Waals surface area (Å²) in [5.41, 5.74) is 2.41. The second kappa shape index (κ2) is 5.77. The van der Waals surface area contributed by atoms with Gasteiger partial charge in [-0.15, -0.1) is 0 Å². The summed E-state index contributed by atoms with van der Waals surface area (Å²) in [5.74, 6) is -0.308. The first-order valence-electron chi connectivity index (χ1n) is 5.25. The van der Waals surface area contributed by atoms with Crippen molar-refractivity contribution in [2.75, 3.05) is 6.61 Å². The van der Waals surface area contributed by atoms with E-state index in [9.17, 15) is 9.18 Å². The van der Waals surface area contributed by atoms with Gasteiger partial charge in [0.05, 0.1) is 22.5 Å². The molecular weight excluding hydrogens is 303 g/mol. The van der Waals surface area contributed by atoms with Crippen LogP contribution in [0.25, 0.3) is 11.3 Å². The van der Waals surface area contributed by atoms with Crippen LogP contribution < -0.4 is 0 Å². The van der Waals surface area contributed by atoms with Crippen LogP contribution in [0.2, 0.25) is 0 Å². The van der Waals surface area contributed by atoms with Crippen molar-refractivity contribution >= 4 is 22.4 Å². The van der Waals surface area contributed by atoms with Crippen LogP contribution in [-0.2, 0) is 16.0 Å². The third-order valence-corrected chi connectivity index (χ3v) is 3.01. The maximum absolute atomic E-state index is 13.1. The highest BCUT2D eigenvalue weighted by Gasteiger charge is 2.06. The molecule has 1 aromatic heterocycles. The summed E-state index contributed by atoms with van der Waals surface area (Å²) in [6.07, 6.45) is 0.539. The van der Waals surface area contributed by atoms with Gasteiger partial charge in [-0.1, -0.05) is 0 Å². The van der Waals surface area contributed by atoms with Crippen molar-refractivity contribution in [2.24, 2.45) is 0 Å². The van der Waals surface area contributed by atoms with Crippen molar-refractivity contribution in [3.05, 3.63) is 40.2 Å². The smallest absolute Gasteiger partial charge is 0.293 e. The van der Waals surface area contributed by atoms with E-state index in [1.807, 2.05) is 6.07 Å². The second-order valence-electron chi connectivity index (χ2n) is 3.62. The van der Waals surface area contributed by atoms with E-state index in [0.717, 1.165) is 17.0 Å². The Labute approximate surface area is 111 Å². The molecule has 1 N–H and O–H groups in total. The maximum atomic E-state index is 13.1. The number of H-pyrrole nitrogens is 1. The van der Waals surface area contributed by atoms with E-state index in [0.29, 0.717) is 24.0 Å². The summed E-state index contributed by atoms with van der Waals surface area (Å²) in [5, 5.41) is 6.94. The summed E-state index contributed by atoms with van der Waals surface area (Å²) < 4.78 is 18.1. The van der Waals surface area contributed by atoms with Crippen LogP contribution >= 0.6 is 15.9 Å². The molecule has 0 aliphatic heterocycles. The van der Waals surface area contributed by atoms with E-state index in [1.54, 1.807) is 12.1 Å². The number of ether oxygens (including phenoxy) is 1. The van der Waals surface area contributed by atoms with E-state index in [1.165, 1.54) is 6.07 Å². The lowest BCUT2D eigenvalue weighted by Crippen LogP contribution is -1.96. The van der Waals surface area contributed by atoms with Gasteiger partial charge in [-0.2, -0.15) is 5.10 Å². The summed E-state index contributed by atoms with van der Waals surface area (Å²) in [6.45, 7) is 0.700.